The molecule has 0 atom stereocenters. The summed E-state index contributed by atoms with van der Waals surface area (Å²) in [6, 6.07) is 22.4. The van der Waals surface area contributed by atoms with E-state index < -0.39 is 32.5 Å². The molecule has 0 aliphatic heterocycles. The zero-order valence-electron chi connectivity index (χ0n) is 22.9. The molecule has 0 aliphatic rings. The molecule has 4 aromatic rings. The van der Waals surface area contributed by atoms with Gasteiger partial charge < -0.3 is 14.8 Å². The maximum atomic E-state index is 13.7. The number of carbonyl (C=O) groups is 1. The summed E-state index contributed by atoms with van der Waals surface area (Å²) < 4.78 is 66.9. The molecule has 0 aliphatic carbocycles. The molecule has 0 radical (unpaired) electrons. The highest BCUT2D eigenvalue weighted by Gasteiger charge is 2.28. The first-order chi connectivity index (χ1) is 19.9. The Hall–Kier alpha value is -4.26. The van der Waals surface area contributed by atoms with Crippen LogP contribution in [0.1, 0.15) is 5.56 Å². The number of carbonyl (C=O) groups excluding carboxylic acids is 1. The fourth-order valence-corrected chi connectivity index (χ4v) is 6.51. The minimum atomic E-state index is -4.18. The third kappa shape index (κ3) is 7.14. The third-order valence-corrected chi connectivity index (χ3v) is 9.53. The van der Waals surface area contributed by atoms with Crippen LogP contribution in [0.3, 0.4) is 0 Å². The van der Waals surface area contributed by atoms with Crippen molar-refractivity contribution in [2.75, 3.05) is 35.1 Å². The van der Waals surface area contributed by atoms with Gasteiger partial charge in [0.05, 0.1) is 29.7 Å². The number of hydrogen-bond acceptors (Lipinski definition) is 7. The van der Waals surface area contributed by atoms with Crippen LogP contribution in [0.5, 0.6) is 11.5 Å². The number of hydrogen-bond donors (Lipinski definition) is 2. The monoisotopic (exact) mass is 629 g/mol. The molecule has 1 amide bonds. The second-order valence-electron chi connectivity index (χ2n) is 9.05. The van der Waals surface area contributed by atoms with E-state index >= 15 is 0 Å². The molecule has 0 aromatic heterocycles. The lowest BCUT2D eigenvalue weighted by Gasteiger charge is -2.25. The molecule has 0 heterocycles. The van der Waals surface area contributed by atoms with Crippen LogP contribution in [-0.4, -0.2) is 43.5 Å². The van der Waals surface area contributed by atoms with E-state index in [4.69, 9.17) is 21.1 Å². The first kappa shape index (κ1) is 30.7. The maximum absolute atomic E-state index is 13.7. The number of methoxy groups -OCH3 is 2. The lowest BCUT2D eigenvalue weighted by atomic mass is 10.2. The number of nitrogens with zero attached hydrogens (tertiary/aromatic N) is 1. The molecule has 0 bridgehead atoms. The fourth-order valence-electron chi connectivity index (χ4n) is 3.91. The Morgan fingerprint density at radius 2 is 1.33 bits per heavy atom. The molecular formula is C29H28ClN3O7S2. The number of benzene rings is 4. The molecule has 0 saturated heterocycles. The van der Waals surface area contributed by atoms with Gasteiger partial charge in [0.25, 0.3) is 20.0 Å². The molecule has 42 heavy (non-hydrogen) atoms. The molecule has 4 aromatic carbocycles. The Morgan fingerprint density at radius 3 is 1.93 bits per heavy atom. The van der Waals surface area contributed by atoms with Crippen molar-refractivity contribution < 1.29 is 31.1 Å². The van der Waals surface area contributed by atoms with Crippen LogP contribution in [0.25, 0.3) is 0 Å². The van der Waals surface area contributed by atoms with Crippen molar-refractivity contribution >= 4 is 54.6 Å². The maximum Gasteiger partial charge on any atom is 0.264 e. The number of sulfonamides is 2. The summed E-state index contributed by atoms with van der Waals surface area (Å²) in [5.41, 5.74) is 1.66. The van der Waals surface area contributed by atoms with Crippen LogP contribution < -0.4 is 23.8 Å². The van der Waals surface area contributed by atoms with E-state index in [1.807, 2.05) is 6.92 Å². The van der Waals surface area contributed by atoms with Crippen LogP contribution in [0.4, 0.5) is 17.1 Å². The van der Waals surface area contributed by atoms with E-state index in [0.717, 1.165) is 9.87 Å². The van der Waals surface area contributed by atoms with Crippen LogP contribution in [0.15, 0.2) is 101 Å². The first-order valence-electron chi connectivity index (χ1n) is 12.4. The molecule has 0 spiro atoms. The lowest BCUT2D eigenvalue weighted by molar-refractivity contribution is -0.114. The van der Waals surface area contributed by atoms with Gasteiger partial charge in [0.1, 0.15) is 6.54 Å². The minimum absolute atomic E-state index is 0.00145. The molecule has 0 unspecified atom stereocenters. The summed E-state index contributed by atoms with van der Waals surface area (Å²) in [5.74, 6) is 0.0119. The van der Waals surface area contributed by atoms with E-state index in [2.05, 4.69) is 10.0 Å². The summed E-state index contributed by atoms with van der Waals surface area (Å²) in [6.07, 6.45) is 0. The quantitative estimate of drug-likeness (QED) is 0.230. The highest BCUT2D eigenvalue weighted by atomic mass is 35.5. The third-order valence-electron chi connectivity index (χ3n) is 6.10. The molecule has 0 saturated carbocycles. The van der Waals surface area contributed by atoms with Gasteiger partial charge in [0.15, 0.2) is 11.5 Å². The Morgan fingerprint density at radius 1 is 0.762 bits per heavy atom. The van der Waals surface area contributed by atoms with Crippen molar-refractivity contribution in [1.82, 2.24) is 0 Å². The van der Waals surface area contributed by atoms with Gasteiger partial charge in [-0.2, -0.15) is 0 Å². The topological polar surface area (TPSA) is 131 Å². The van der Waals surface area contributed by atoms with Crippen molar-refractivity contribution in [2.45, 2.75) is 16.7 Å². The number of amides is 1. The molecule has 0 fully saturated rings. The van der Waals surface area contributed by atoms with E-state index in [1.165, 1.54) is 74.9 Å². The van der Waals surface area contributed by atoms with Crippen molar-refractivity contribution in [1.29, 1.82) is 0 Å². The molecule has 13 heteroatoms. The average molecular weight is 630 g/mol. The molecule has 2 N–H and O–H groups in total. The van der Waals surface area contributed by atoms with E-state index in [-0.39, 0.29) is 26.9 Å². The zero-order valence-corrected chi connectivity index (χ0v) is 25.3. The minimum Gasteiger partial charge on any atom is -0.493 e. The predicted molar refractivity (Wildman–Crippen MR) is 163 cm³/mol. The Kier molecular flexibility index (Phi) is 9.30. The zero-order chi connectivity index (χ0) is 30.5. The van der Waals surface area contributed by atoms with Crippen LogP contribution in [0, 0.1) is 6.92 Å². The van der Waals surface area contributed by atoms with E-state index in [1.54, 1.807) is 30.3 Å². The fraction of sp³-hybridized carbons (Fsp3) is 0.138. The first-order valence-corrected chi connectivity index (χ1v) is 15.7. The summed E-state index contributed by atoms with van der Waals surface area (Å²) in [7, 11) is -5.22. The number of ether oxygens (including phenoxy) is 2. The predicted octanol–water partition coefficient (Wildman–Crippen LogP) is 5.30. The normalized spacial score (nSPS) is 11.4. The van der Waals surface area contributed by atoms with Crippen LogP contribution >= 0.6 is 11.6 Å². The van der Waals surface area contributed by atoms with Gasteiger partial charge in [0.2, 0.25) is 5.91 Å². The van der Waals surface area contributed by atoms with Crippen molar-refractivity contribution in [3.05, 3.63) is 102 Å². The van der Waals surface area contributed by atoms with Gasteiger partial charge in [-0.15, -0.1) is 0 Å². The molecule has 4 rings (SSSR count). The Bertz CT molecular complexity index is 1780. The smallest absolute Gasteiger partial charge is 0.264 e. The van der Waals surface area contributed by atoms with Crippen molar-refractivity contribution in [3.63, 3.8) is 0 Å². The largest absolute Gasteiger partial charge is 0.493 e. The van der Waals surface area contributed by atoms with Gasteiger partial charge in [-0.3, -0.25) is 13.8 Å². The van der Waals surface area contributed by atoms with E-state index in [9.17, 15) is 21.6 Å². The SMILES string of the molecule is COc1ccc(N(CC(=O)Nc2ccc(S(=O)(=O)Nc3ccc(Cl)cc3)cc2)S(=O)(=O)c2ccc(C)cc2)cc1OC. The molecule has 220 valence electrons. The highest BCUT2D eigenvalue weighted by Crippen LogP contribution is 2.34. The Balaban J connectivity index is 1.57. The van der Waals surface area contributed by atoms with Crippen molar-refractivity contribution in [2.24, 2.45) is 0 Å². The molecular weight excluding hydrogens is 602 g/mol. The second kappa shape index (κ2) is 12.7. The van der Waals surface area contributed by atoms with Gasteiger partial charge in [-0.05, 0) is 79.7 Å². The van der Waals surface area contributed by atoms with Gasteiger partial charge in [-0.25, -0.2) is 16.8 Å². The van der Waals surface area contributed by atoms with E-state index in [0.29, 0.717) is 16.5 Å². The van der Waals surface area contributed by atoms with Gasteiger partial charge in [-0.1, -0.05) is 29.3 Å². The number of aryl methyl sites for hydroxylation is 1. The van der Waals surface area contributed by atoms with Gasteiger partial charge >= 0.3 is 0 Å². The summed E-state index contributed by atoms with van der Waals surface area (Å²) >= 11 is 5.85. The summed E-state index contributed by atoms with van der Waals surface area (Å²) in [5, 5.41) is 3.10. The van der Waals surface area contributed by atoms with Crippen LogP contribution in [0.2, 0.25) is 5.02 Å². The number of anilines is 3. The highest BCUT2D eigenvalue weighted by molar-refractivity contribution is 7.93. The Labute approximate surface area is 250 Å². The number of nitrogens with one attached hydrogen (secondary N) is 2. The average Bonchev–Trinajstić information content (AvgIpc) is 2.97. The second-order valence-corrected chi connectivity index (χ2v) is 13.0. The summed E-state index contributed by atoms with van der Waals surface area (Å²) in [4.78, 5) is 13.1. The lowest BCUT2D eigenvalue weighted by Crippen LogP contribution is -2.38. The number of halogens is 1. The standard InChI is InChI=1S/C29H28ClN3O7S2/c1-20-4-13-26(14-5-20)42(37,38)33(24-12-17-27(39-2)28(18-24)40-3)19-29(34)31-22-10-15-25(16-11-22)41(35,36)32-23-8-6-21(30)7-9-23/h4-18,32H,19H2,1-3H3,(H,31,34). The summed E-state index contributed by atoms with van der Waals surface area (Å²) in [6.45, 7) is 1.25. The number of rotatable bonds is 11. The molecule has 10 nitrogen and oxygen atoms in total. The van der Waals surface area contributed by atoms with Crippen molar-refractivity contribution in [3.8, 4) is 11.5 Å². The van der Waals surface area contributed by atoms with Gasteiger partial charge in [0, 0.05) is 22.5 Å². The van der Waals surface area contributed by atoms with Crippen LogP contribution in [-0.2, 0) is 24.8 Å².